The van der Waals surface area contributed by atoms with Gasteiger partial charge < -0.3 is 44.6 Å². The Kier molecular flexibility index (Phi) is 34.5. The molecule has 1 rings (SSSR count). The van der Waals surface area contributed by atoms with Gasteiger partial charge in [0.05, 0.1) is 6.61 Å². The predicted octanol–water partition coefficient (Wildman–Crippen LogP) is 8.95. The van der Waals surface area contributed by atoms with Crippen molar-refractivity contribution in [2.45, 2.75) is 236 Å². The molecule has 370 valence electrons. The first kappa shape index (κ1) is 59.5. The molecule has 1 unspecified atom stereocenters. The maximum absolute atomic E-state index is 13.0. The van der Waals surface area contributed by atoms with E-state index in [9.17, 15) is 44.0 Å². The molecule has 0 aromatic heterocycles. The first-order valence-electron chi connectivity index (χ1n) is 23.9. The number of phosphoric acid groups is 2. The van der Waals surface area contributed by atoms with Crippen molar-refractivity contribution in [3.8, 4) is 0 Å². The molecule has 0 radical (unpaired) electrons. The third kappa shape index (κ3) is 31.2. The van der Waals surface area contributed by atoms with Crippen molar-refractivity contribution < 1.29 is 76.9 Å². The average molecular weight is 943 g/mol. The molecule has 1 saturated carbocycles. The Morgan fingerprint density at radius 2 is 0.873 bits per heavy atom. The molecule has 0 heterocycles. The Balaban J connectivity index is 2.60. The number of allylic oxidation sites excluding steroid dienone is 4. The molecule has 1 fully saturated rings. The smallest absolute Gasteiger partial charge is 0.462 e. The van der Waals surface area contributed by atoms with E-state index in [4.69, 9.17) is 28.3 Å². The number of unbranched alkanes of at least 4 members (excludes halogenated alkanes) is 22. The normalized spacial score (nSPS) is 22.1. The molecule has 0 aromatic carbocycles. The van der Waals surface area contributed by atoms with E-state index >= 15 is 0 Å². The third-order valence-corrected chi connectivity index (χ3v) is 12.5. The summed E-state index contributed by atoms with van der Waals surface area (Å²) >= 11 is 0. The summed E-state index contributed by atoms with van der Waals surface area (Å²) in [5.41, 5.74) is 0. The molecule has 0 spiro atoms. The van der Waals surface area contributed by atoms with Gasteiger partial charge in [0, 0.05) is 12.8 Å². The topological polar surface area (TPSA) is 256 Å². The molecule has 0 bridgehead atoms. The lowest BCUT2D eigenvalue weighted by Gasteiger charge is -2.43. The molecule has 16 nitrogen and oxygen atoms in total. The summed E-state index contributed by atoms with van der Waals surface area (Å²) in [6.45, 7) is 3.09. The second kappa shape index (κ2) is 36.6. The minimum absolute atomic E-state index is 0.0342. The van der Waals surface area contributed by atoms with E-state index < -0.39 is 83.5 Å². The Labute approximate surface area is 377 Å². The lowest BCUT2D eigenvalue weighted by Crippen LogP contribution is -2.64. The zero-order valence-corrected chi connectivity index (χ0v) is 40.1. The number of aliphatic hydroxyl groups is 4. The van der Waals surface area contributed by atoms with Crippen LogP contribution in [0.1, 0.15) is 194 Å². The number of carbonyl (C=O) groups is 2. The number of hydrogen-bond acceptors (Lipinski definition) is 13. The molecule has 1 aliphatic carbocycles. The number of carbonyl (C=O) groups excluding carboxylic acids is 2. The highest BCUT2D eigenvalue weighted by atomic mass is 31.2. The van der Waals surface area contributed by atoms with Gasteiger partial charge in [0.1, 0.15) is 43.2 Å². The third-order valence-electron chi connectivity index (χ3n) is 11.0. The van der Waals surface area contributed by atoms with Crippen molar-refractivity contribution in [1.29, 1.82) is 0 Å². The van der Waals surface area contributed by atoms with Gasteiger partial charge in [0.2, 0.25) is 0 Å². The second-order valence-corrected chi connectivity index (χ2v) is 19.4. The van der Waals surface area contributed by atoms with E-state index in [1.54, 1.807) is 0 Å². The summed E-state index contributed by atoms with van der Waals surface area (Å²) in [6.07, 6.45) is 22.8. The van der Waals surface area contributed by atoms with Gasteiger partial charge in [-0.15, -0.1) is 0 Å². The summed E-state index contributed by atoms with van der Waals surface area (Å²) in [5.74, 6) is -1.22. The zero-order chi connectivity index (χ0) is 46.8. The number of hydrogen-bond donors (Lipinski definition) is 7. The maximum atomic E-state index is 13.0. The Hall–Kier alpha value is -1.52. The minimum Gasteiger partial charge on any atom is -0.462 e. The standard InChI is InChI=1S/C45H84O16P2/c1-3-5-7-9-11-13-15-17-19-21-23-25-27-29-31-33-38(46)57-35-37(59-39(47)34-32-30-28-26-24-22-20-18-16-14-12-10-8-6-4-2)36-58-63(55,56)61-45-42(50)40(48)41(49)44(43(45)51)60-62(52,53)54/h17-20,37,40-45,48-51H,3-16,21-36H2,1-2H3,(H,55,56)(H2,52,53,54)/b19-17-,20-18-/t37-,40-,41-,42-,43-,44+,45-/m1/s1. The predicted molar refractivity (Wildman–Crippen MR) is 241 cm³/mol. The molecule has 1 aliphatic rings. The molecule has 8 atom stereocenters. The maximum Gasteiger partial charge on any atom is 0.472 e. The highest BCUT2D eigenvalue weighted by Crippen LogP contribution is 2.49. The summed E-state index contributed by atoms with van der Waals surface area (Å²) < 4.78 is 49.4. The molecule has 0 aliphatic heterocycles. The Morgan fingerprint density at radius 3 is 1.30 bits per heavy atom. The first-order valence-corrected chi connectivity index (χ1v) is 26.9. The molecule has 0 amide bonds. The largest absolute Gasteiger partial charge is 0.472 e. The Morgan fingerprint density at radius 1 is 0.492 bits per heavy atom. The number of rotatable bonds is 40. The van der Waals surface area contributed by atoms with Gasteiger partial charge in [-0.2, -0.15) is 0 Å². The quantitative estimate of drug-likeness (QED) is 0.0131. The van der Waals surface area contributed by atoms with Crippen LogP contribution in [0.25, 0.3) is 0 Å². The molecular formula is C45H84O16P2. The van der Waals surface area contributed by atoms with Crippen LogP contribution in [0, 0.1) is 0 Å². The molecule has 0 aromatic rings. The van der Waals surface area contributed by atoms with Crippen LogP contribution < -0.4 is 0 Å². The van der Waals surface area contributed by atoms with E-state index in [0.717, 1.165) is 77.0 Å². The summed E-state index contributed by atoms with van der Waals surface area (Å²) in [6, 6.07) is 0. The Bertz CT molecular complexity index is 1330. The summed E-state index contributed by atoms with van der Waals surface area (Å²) in [5, 5.41) is 41.2. The van der Waals surface area contributed by atoms with Crippen LogP contribution in [0.3, 0.4) is 0 Å². The van der Waals surface area contributed by atoms with E-state index in [1.807, 2.05) is 0 Å². The summed E-state index contributed by atoms with van der Waals surface area (Å²) in [7, 11) is -10.7. The number of ether oxygens (including phenoxy) is 2. The van der Waals surface area contributed by atoms with Crippen LogP contribution in [-0.4, -0.2) is 103 Å². The van der Waals surface area contributed by atoms with Gasteiger partial charge in [-0.25, -0.2) is 9.13 Å². The van der Waals surface area contributed by atoms with Crippen molar-refractivity contribution in [2.75, 3.05) is 13.2 Å². The fraction of sp³-hybridized carbons (Fsp3) is 0.867. The molecular weight excluding hydrogens is 858 g/mol. The monoisotopic (exact) mass is 943 g/mol. The number of aliphatic hydroxyl groups excluding tert-OH is 4. The zero-order valence-electron chi connectivity index (χ0n) is 38.3. The SMILES string of the molecule is CCCCCCCC/C=C\CCCCCCCC(=O)OC[C@H](COP(=O)(O)O[C@H]1[C@H](O)[C@@H](OP(=O)(O)O)[C@H](O)[C@@H](O)[C@H]1O)OC(=O)CCCCCCC/C=C\CCCCCCCC. The van der Waals surface area contributed by atoms with Crippen molar-refractivity contribution >= 4 is 27.6 Å². The van der Waals surface area contributed by atoms with E-state index in [-0.39, 0.29) is 12.8 Å². The molecule has 18 heteroatoms. The van der Waals surface area contributed by atoms with E-state index in [1.165, 1.54) is 77.0 Å². The van der Waals surface area contributed by atoms with Gasteiger partial charge in [-0.3, -0.25) is 23.2 Å². The molecule has 63 heavy (non-hydrogen) atoms. The van der Waals surface area contributed by atoms with Crippen LogP contribution in [0.15, 0.2) is 24.3 Å². The van der Waals surface area contributed by atoms with Crippen molar-refractivity contribution in [3.05, 3.63) is 24.3 Å². The highest BCUT2D eigenvalue weighted by molar-refractivity contribution is 7.47. The van der Waals surface area contributed by atoms with Gasteiger partial charge >= 0.3 is 27.6 Å². The fourth-order valence-electron chi connectivity index (χ4n) is 7.25. The summed E-state index contributed by atoms with van der Waals surface area (Å²) in [4.78, 5) is 54.2. The second-order valence-electron chi connectivity index (χ2n) is 16.8. The molecule has 0 saturated heterocycles. The van der Waals surface area contributed by atoms with Crippen LogP contribution in [-0.2, 0) is 41.8 Å². The van der Waals surface area contributed by atoms with Gasteiger partial charge in [-0.05, 0) is 64.2 Å². The van der Waals surface area contributed by atoms with Gasteiger partial charge in [0.25, 0.3) is 0 Å². The van der Waals surface area contributed by atoms with Crippen LogP contribution in [0.4, 0.5) is 0 Å². The highest BCUT2D eigenvalue weighted by Gasteiger charge is 2.54. The van der Waals surface area contributed by atoms with Crippen molar-refractivity contribution in [3.63, 3.8) is 0 Å². The number of phosphoric ester groups is 2. The van der Waals surface area contributed by atoms with Gasteiger partial charge in [-0.1, -0.05) is 141 Å². The lowest BCUT2D eigenvalue weighted by molar-refractivity contribution is -0.216. The van der Waals surface area contributed by atoms with E-state index in [2.05, 4.69) is 42.7 Å². The fourth-order valence-corrected chi connectivity index (χ4v) is 8.79. The van der Waals surface area contributed by atoms with Crippen LogP contribution >= 0.6 is 15.6 Å². The molecule has 7 N–H and O–H groups in total. The van der Waals surface area contributed by atoms with E-state index in [0.29, 0.717) is 12.8 Å². The minimum atomic E-state index is -5.36. The number of esters is 2. The van der Waals surface area contributed by atoms with Crippen molar-refractivity contribution in [2.24, 2.45) is 0 Å². The van der Waals surface area contributed by atoms with Crippen molar-refractivity contribution in [1.82, 2.24) is 0 Å². The average Bonchev–Trinajstić information content (AvgIpc) is 3.23. The lowest BCUT2D eigenvalue weighted by atomic mass is 9.85. The van der Waals surface area contributed by atoms with Crippen LogP contribution in [0.5, 0.6) is 0 Å². The van der Waals surface area contributed by atoms with Gasteiger partial charge in [0.15, 0.2) is 6.10 Å². The first-order chi connectivity index (χ1) is 30.1. The van der Waals surface area contributed by atoms with Crippen LogP contribution in [0.2, 0.25) is 0 Å².